The molecule has 0 spiro atoms. The van der Waals surface area contributed by atoms with Crippen LogP contribution in [0.3, 0.4) is 0 Å². The fourth-order valence-electron chi connectivity index (χ4n) is 3.41. The minimum atomic E-state index is -0.271. The molecule has 7 heteroatoms. The van der Waals surface area contributed by atoms with Gasteiger partial charge < -0.3 is 14.7 Å². The zero-order valence-corrected chi connectivity index (χ0v) is 16.5. The highest BCUT2D eigenvalue weighted by Gasteiger charge is 2.33. The summed E-state index contributed by atoms with van der Waals surface area (Å²) < 4.78 is 18.7. The smallest absolute Gasteiger partial charge is 0.260 e. The molecule has 2 atom stereocenters. The number of piperazine rings is 1. The van der Waals surface area contributed by atoms with Gasteiger partial charge in [-0.25, -0.2) is 4.39 Å². The molecule has 0 aromatic heterocycles. The van der Waals surface area contributed by atoms with Crippen molar-refractivity contribution in [1.82, 2.24) is 9.80 Å². The zero-order valence-electron chi connectivity index (χ0n) is 15.7. The number of aliphatic hydroxyl groups is 1. The molecule has 2 aromatic carbocycles. The van der Waals surface area contributed by atoms with Crippen LogP contribution in [0, 0.1) is 5.82 Å². The van der Waals surface area contributed by atoms with E-state index in [0.29, 0.717) is 30.4 Å². The molecule has 3 rings (SSSR count). The van der Waals surface area contributed by atoms with Gasteiger partial charge in [-0.1, -0.05) is 23.7 Å². The minimum absolute atomic E-state index is 0.0235. The second-order valence-electron chi connectivity index (χ2n) is 7.03. The summed E-state index contributed by atoms with van der Waals surface area (Å²) in [6, 6.07) is 13.0. The number of benzene rings is 2. The van der Waals surface area contributed by atoms with E-state index in [1.807, 2.05) is 6.92 Å². The number of ether oxygens (including phenoxy) is 1. The Morgan fingerprint density at radius 3 is 2.50 bits per heavy atom. The summed E-state index contributed by atoms with van der Waals surface area (Å²) in [5.74, 6) is 0.188. The van der Waals surface area contributed by atoms with E-state index < -0.39 is 0 Å². The van der Waals surface area contributed by atoms with Crippen LogP contribution in [0.2, 0.25) is 5.02 Å². The lowest BCUT2D eigenvalue weighted by atomic mass is 10.1. The van der Waals surface area contributed by atoms with Crippen molar-refractivity contribution in [2.24, 2.45) is 0 Å². The number of nitrogens with zero attached hydrogens (tertiary/aromatic N) is 2. The first-order valence-electron chi connectivity index (χ1n) is 9.23. The summed E-state index contributed by atoms with van der Waals surface area (Å²) >= 11 is 5.85. The van der Waals surface area contributed by atoms with Crippen molar-refractivity contribution in [3.8, 4) is 5.75 Å². The van der Waals surface area contributed by atoms with E-state index in [9.17, 15) is 14.3 Å². The number of halogens is 2. The van der Waals surface area contributed by atoms with Gasteiger partial charge >= 0.3 is 0 Å². The predicted molar refractivity (Wildman–Crippen MR) is 106 cm³/mol. The largest absolute Gasteiger partial charge is 0.484 e. The van der Waals surface area contributed by atoms with Crippen LogP contribution < -0.4 is 4.74 Å². The van der Waals surface area contributed by atoms with Crippen LogP contribution in [-0.4, -0.2) is 59.2 Å². The zero-order chi connectivity index (χ0) is 20.1. The molecule has 1 aliphatic heterocycles. The summed E-state index contributed by atoms with van der Waals surface area (Å²) in [5, 5.41) is 10.4. The van der Waals surface area contributed by atoms with Crippen LogP contribution in [0.5, 0.6) is 5.75 Å². The van der Waals surface area contributed by atoms with Gasteiger partial charge in [0.2, 0.25) is 0 Å². The molecule has 0 radical (unpaired) electrons. The molecular formula is C21H24ClFN2O3. The molecule has 5 nitrogen and oxygen atoms in total. The molecule has 28 heavy (non-hydrogen) atoms. The maximum atomic E-state index is 13.1. The average molecular weight is 407 g/mol. The molecule has 0 bridgehead atoms. The fraction of sp³-hybridized carbons (Fsp3) is 0.381. The van der Waals surface area contributed by atoms with E-state index in [4.69, 9.17) is 16.3 Å². The summed E-state index contributed by atoms with van der Waals surface area (Å²) in [6.07, 6.45) is 0. The van der Waals surface area contributed by atoms with E-state index >= 15 is 0 Å². The molecule has 1 heterocycles. The van der Waals surface area contributed by atoms with E-state index in [1.54, 1.807) is 41.3 Å². The third kappa shape index (κ3) is 5.22. The van der Waals surface area contributed by atoms with Crippen molar-refractivity contribution >= 4 is 17.5 Å². The summed E-state index contributed by atoms with van der Waals surface area (Å²) in [7, 11) is 0. The van der Waals surface area contributed by atoms with Crippen LogP contribution in [0.4, 0.5) is 4.39 Å². The fourth-order valence-corrected chi connectivity index (χ4v) is 3.53. The first kappa shape index (κ1) is 20.6. The van der Waals surface area contributed by atoms with Crippen LogP contribution in [0.25, 0.3) is 0 Å². The van der Waals surface area contributed by atoms with E-state index in [1.165, 1.54) is 12.1 Å². The number of carbonyl (C=O) groups excluding carboxylic acids is 1. The molecular weight excluding hydrogens is 383 g/mol. The summed E-state index contributed by atoms with van der Waals surface area (Å²) in [5.41, 5.74) is 0.970. The Hall–Kier alpha value is -2.15. The standard InChI is InChI=1S/C21H24ClFN2O3/c1-15-10-24(11-16-2-6-18(23)7-3-16)19(13-26)12-25(15)21(27)14-28-20-8-4-17(22)5-9-20/h2-9,15,19,26H,10-14H2,1H3/t15-,19-/m1/s1. The summed E-state index contributed by atoms with van der Waals surface area (Å²) in [4.78, 5) is 16.5. The predicted octanol–water partition coefficient (Wildman–Crippen LogP) is 2.95. The van der Waals surface area contributed by atoms with Crippen molar-refractivity contribution in [2.45, 2.75) is 25.6 Å². The maximum absolute atomic E-state index is 13.1. The Labute approximate surface area is 169 Å². The highest BCUT2D eigenvalue weighted by molar-refractivity contribution is 6.30. The summed E-state index contributed by atoms with van der Waals surface area (Å²) in [6.45, 7) is 3.49. The molecule has 0 unspecified atom stereocenters. The first-order chi connectivity index (χ1) is 13.5. The molecule has 1 aliphatic rings. The lowest BCUT2D eigenvalue weighted by Gasteiger charge is -2.44. The number of carbonyl (C=O) groups is 1. The van der Waals surface area contributed by atoms with Crippen LogP contribution in [0.15, 0.2) is 48.5 Å². The quantitative estimate of drug-likeness (QED) is 0.801. The molecule has 1 saturated heterocycles. The van der Waals surface area contributed by atoms with Crippen molar-refractivity contribution in [1.29, 1.82) is 0 Å². The van der Waals surface area contributed by atoms with Gasteiger partial charge in [0.15, 0.2) is 6.61 Å². The Bertz CT molecular complexity index is 785. The van der Waals surface area contributed by atoms with Gasteiger partial charge in [-0.2, -0.15) is 0 Å². The van der Waals surface area contributed by atoms with Crippen LogP contribution in [0.1, 0.15) is 12.5 Å². The lowest BCUT2D eigenvalue weighted by Crippen LogP contribution is -2.60. The lowest BCUT2D eigenvalue weighted by molar-refractivity contribution is -0.140. The highest BCUT2D eigenvalue weighted by Crippen LogP contribution is 2.20. The molecule has 0 aliphatic carbocycles. The Balaban J connectivity index is 1.59. The van der Waals surface area contributed by atoms with Crippen molar-refractivity contribution < 1.29 is 19.0 Å². The van der Waals surface area contributed by atoms with Gasteiger partial charge in [0.25, 0.3) is 5.91 Å². The van der Waals surface area contributed by atoms with Gasteiger partial charge in [0.1, 0.15) is 11.6 Å². The van der Waals surface area contributed by atoms with Crippen molar-refractivity contribution in [3.05, 3.63) is 64.9 Å². The van der Waals surface area contributed by atoms with Crippen LogP contribution >= 0.6 is 11.6 Å². The van der Waals surface area contributed by atoms with E-state index in [2.05, 4.69) is 4.90 Å². The second-order valence-corrected chi connectivity index (χ2v) is 7.47. The van der Waals surface area contributed by atoms with E-state index in [-0.39, 0.29) is 37.0 Å². The molecule has 0 saturated carbocycles. The van der Waals surface area contributed by atoms with Gasteiger partial charge in [-0.05, 0) is 48.9 Å². The van der Waals surface area contributed by atoms with Crippen LogP contribution in [-0.2, 0) is 11.3 Å². The topological polar surface area (TPSA) is 53.0 Å². The normalized spacial score (nSPS) is 20.2. The second kappa shape index (κ2) is 9.37. The molecule has 2 aromatic rings. The number of rotatable bonds is 6. The number of hydrogen-bond donors (Lipinski definition) is 1. The number of hydrogen-bond acceptors (Lipinski definition) is 4. The van der Waals surface area contributed by atoms with Crippen molar-refractivity contribution in [2.75, 3.05) is 26.3 Å². The third-order valence-corrected chi connectivity index (χ3v) is 5.21. The molecule has 1 fully saturated rings. The van der Waals surface area contributed by atoms with E-state index in [0.717, 1.165) is 5.56 Å². The highest BCUT2D eigenvalue weighted by atomic mass is 35.5. The molecule has 150 valence electrons. The Kier molecular flexibility index (Phi) is 6.88. The monoisotopic (exact) mass is 406 g/mol. The maximum Gasteiger partial charge on any atom is 0.260 e. The molecule has 1 N–H and O–H groups in total. The Morgan fingerprint density at radius 2 is 1.86 bits per heavy atom. The van der Waals surface area contributed by atoms with Gasteiger partial charge in [0, 0.05) is 30.7 Å². The Morgan fingerprint density at radius 1 is 1.18 bits per heavy atom. The average Bonchev–Trinajstić information content (AvgIpc) is 2.69. The first-order valence-corrected chi connectivity index (χ1v) is 9.61. The van der Waals surface area contributed by atoms with Gasteiger partial charge in [-0.15, -0.1) is 0 Å². The van der Waals surface area contributed by atoms with Crippen molar-refractivity contribution in [3.63, 3.8) is 0 Å². The number of aliphatic hydroxyl groups excluding tert-OH is 1. The number of amides is 1. The minimum Gasteiger partial charge on any atom is -0.484 e. The SMILES string of the molecule is C[C@@H]1CN(Cc2ccc(F)cc2)[C@@H](CO)CN1C(=O)COc1ccc(Cl)cc1. The van der Waals surface area contributed by atoms with Gasteiger partial charge in [-0.3, -0.25) is 9.69 Å². The van der Waals surface area contributed by atoms with Gasteiger partial charge in [0.05, 0.1) is 12.6 Å². The third-order valence-electron chi connectivity index (χ3n) is 4.96. The molecule has 1 amide bonds.